The summed E-state index contributed by atoms with van der Waals surface area (Å²) in [7, 11) is 0. The molecule has 16 rings (SSSR count). The lowest BCUT2D eigenvalue weighted by Crippen LogP contribution is -2.34. The Balaban J connectivity index is 0.000000153. The van der Waals surface area contributed by atoms with Gasteiger partial charge in [0.1, 0.15) is 17.0 Å². The van der Waals surface area contributed by atoms with Crippen molar-refractivity contribution in [3.05, 3.63) is 284 Å². The average molecular weight is 1130 g/mol. The van der Waals surface area contributed by atoms with E-state index < -0.39 is 0 Å². The molecule has 6 heterocycles. The number of imidazole rings is 2. The Morgan fingerprint density at radius 2 is 0.966 bits per heavy atom. The minimum Gasteiger partial charge on any atom is -0.306 e. The molecule has 422 valence electrons. The summed E-state index contributed by atoms with van der Waals surface area (Å²) in [5.74, 6) is 1.89. The molecule has 0 N–H and O–H groups in total. The van der Waals surface area contributed by atoms with Crippen LogP contribution in [0.2, 0.25) is 0 Å². The number of benzene rings is 9. The molecular weight excluding hydrogens is 1060 g/mol. The molecule has 0 bridgehead atoms. The maximum absolute atomic E-state index is 5.18. The second-order valence-corrected chi connectivity index (χ2v) is 21.1. The fraction of sp³-hybridized carbons (Fsp3) is 0.101. The Hall–Kier alpha value is -10.9. The second-order valence-electron chi connectivity index (χ2n) is 21.1. The SMILES string of the molecule is C1=CCC=c2ncc3c(-c4cccc(-c5ccc(-c6nc7ccccc7n6-c6ccccc6)cc5)c4)c4ccccc4n3c2=1.C=CCCc1nc(-c2cccc(-c3c4ccccc4n4c3cnc3ccccc34)c2)n(-c2ccccc2)c1C.CC.CC. The van der Waals surface area contributed by atoms with E-state index in [4.69, 9.17) is 19.9 Å². The molecule has 0 spiro atoms. The molecule has 15 aromatic rings. The third kappa shape index (κ3) is 10.0. The first kappa shape index (κ1) is 55.3. The van der Waals surface area contributed by atoms with Crippen molar-refractivity contribution in [1.29, 1.82) is 0 Å². The predicted octanol–water partition coefficient (Wildman–Crippen LogP) is 18.6. The smallest absolute Gasteiger partial charge is 0.145 e. The number of aryl methyl sites for hydroxylation is 1. The molecule has 9 aromatic carbocycles. The van der Waals surface area contributed by atoms with Crippen LogP contribution in [0.25, 0.3) is 134 Å². The van der Waals surface area contributed by atoms with Crippen molar-refractivity contribution >= 4 is 66.7 Å². The van der Waals surface area contributed by atoms with Crippen LogP contribution in [0.1, 0.15) is 51.9 Å². The zero-order chi connectivity index (χ0) is 59.4. The van der Waals surface area contributed by atoms with Gasteiger partial charge in [-0.25, -0.2) is 9.97 Å². The van der Waals surface area contributed by atoms with Gasteiger partial charge in [-0.1, -0.05) is 203 Å². The Morgan fingerprint density at radius 1 is 0.448 bits per heavy atom. The summed E-state index contributed by atoms with van der Waals surface area (Å²) in [6, 6.07) is 81.2. The molecule has 8 nitrogen and oxygen atoms in total. The topological polar surface area (TPSA) is 70.2 Å². The van der Waals surface area contributed by atoms with E-state index >= 15 is 0 Å². The minimum atomic E-state index is 0.864. The lowest BCUT2D eigenvalue weighted by atomic mass is 9.97. The Kier molecular flexibility index (Phi) is 15.5. The van der Waals surface area contributed by atoms with E-state index in [2.05, 4.69) is 262 Å². The van der Waals surface area contributed by atoms with Gasteiger partial charge >= 0.3 is 0 Å². The molecule has 0 amide bonds. The lowest BCUT2D eigenvalue weighted by molar-refractivity contribution is 0.934. The molecule has 0 aliphatic heterocycles. The number of aromatic nitrogens is 8. The van der Waals surface area contributed by atoms with Gasteiger partial charge in [-0.05, 0) is 127 Å². The summed E-state index contributed by atoms with van der Waals surface area (Å²) in [6.07, 6.45) is 12.9. The van der Waals surface area contributed by atoms with E-state index in [-0.39, 0.29) is 0 Å². The van der Waals surface area contributed by atoms with Gasteiger partial charge in [-0.3, -0.25) is 23.5 Å². The summed E-state index contributed by atoms with van der Waals surface area (Å²) >= 11 is 0. The van der Waals surface area contributed by atoms with Crippen LogP contribution in [-0.4, -0.2) is 37.9 Å². The molecule has 1 aliphatic carbocycles. The maximum atomic E-state index is 5.18. The van der Waals surface area contributed by atoms with Crippen LogP contribution in [0.15, 0.2) is 262 Å². The molecule has 8 heteroatoms. The third-order valence-corrected chi connectivity index (χ3v) is 16.1. The summed E-state index contributed by atoms with van der Waals surface area (Å²) in [4.78, 5) is 19.9. The van der Waals surface area contributed by atoms with Gasteiger partial charge in [-0.15, -0.1) is 6.58 Å². The van der Waals surface area contributed by atoms with Crippen LogP contribution in [0, 0.1) is 6.92 Å². The first-order chi connectivity index (χ1) is 43.1. The van der Waals surface area contributed by atoms with E-state index in [0.717, 1.165) is 114 Å². The maximum Gasteiger partial charge on any atom is 0.145 e. The summed E-state index contributed by atoms with van der Waals surface area (Å²) in [6.45, 7) is 14.1. The molecule has 0 saturated heterocycles. The molecule has 0 radical (unpaired) electrons. The highest BCUT2D eigenvalue weighted by Gasteiger charge is 2.22. The Morgan fingerprint density at radius 3 is 1.64 bits per heavy atom. The van der Waals surface area contributed by atoms with Crippen molar-refractivity contribution in [2.24, 2.45) is 0 Å². The lowest BCUT2D eigenvalue weighted by Gasteiger charge is -2.12. The van der Waals surface area contributed by atoms with Crippen molar-refractivity contribution in [1.82, 2.24) is 37.9 Å². The van der Waals surface area contributed by atoms with Crippen LogP contribution in [0.5, 0.6) is 0 Å². The van der Waals surface area contributed by atoms with Gasteiger partial charge in [0.05, 0.1) is 67.6 Å². The Bertz CT molecular complexity index is 5190. The number of fused-ring (bicyclic) bond motifs is 11. The van der Waals surface area contributed by atoms with Crippen LogP contribution >= 0.6 is 0 Å². The Labute approximate surface area is 507 Å². The summed E-state index contributed by atoms with van der Waals surface area (Å²) in [5, 5.41) is 4.43. The van der Waals surface area contributed by atoms with E-state index in [1.54, 1.807) is 0 Å². The van der Waals surface area contributed by atoms with Gasteiger partial charge in [0.15, 0.2) is 0 Å². The molecule has 0 fully saturated rings. The monoisotopic (exact) mass is 1130 g/mol. The van der Waals surface area contributed by atoms with Crippen LogP contribution in [0.3, 0.4) is 0 Å². The summed E-state index contributed by atoms with van der Waals surface area (Å²) < 4.78 is 9.16. The number of hydrogen-bond donors (Lipinski definition) is 0. The second kappa shape index (κ2) is 24.4. The first-order valence-electron chi connectivity index (χ1n) is 30.3. The first-order valence-corrected chi connectivity index (χ1v) is 30.3. The molecule has 87 heavy (non-hydrogen) atoms. The van der Waals surface area contributed by atoms with Crippen molar-refractivity contribution < 1.29 is 0 Å². The highest BCUT2D eigenvalue weighted by atomic mass is 15.1. The molecule has 1 aliphatic rings. The fourth-order valence-corrected chi connectivity index (χ4v) is 12.3. The molecule has 0 unspecified atom stereocenters. The van der Waals surface area contributed by atoms with Crippen molar-refractivity contribution in [2.45, 2.75) is 53.9 Å². The highest BCUT2D eigenvalue weighted by molar-refractivity contribution is 6.09. The van der Waals surface area contributed by atoms with E-state index in [1.807, 2.05) is 64.4 Å². The largest absolute Gasteiger partial charge is 0.306 e. The summed E-state index contributed by atoms with van der Waals surface area (Å²) in [5.41, 5.74) is 25.9. The average Bonchev–Trinajstić information content (AvgIpc) is 1.69. The van der Waals surface area contributed by atoms with Crippen molar-refractivity contribution in [3.8, 4) is 67.5 Å². The number of nitrogens with zero attached hydrogens (tertiary/aromatic N) is 8. The number of allylic oxidation sites excluding steroid dienone is 2. The number of hydrogen-bond acceptors (Lipinski definition) is 4. The van der Waals surface area contributed by atoms with Gasteiger partial charge < -0.3 is 4.40 Å². The van der Waals surface area contributed by atoms with Gasteiger partial charge in [-0.2, -0.15) is 0 Å². The van der Waals surface area contributed by atoms with E-state index in [9.17, 15) is 0 Å². The van der Waals surface area contributed by atoms with Gasteiger partial charge in [0.2, 0.25) is 0 Å². The van der Waals surface area contributed by atoms with E-state index in [0.29, 0.717) is 0 Å². The molecule has 6 aromatic heterocycles. The van der Waals surface area contributed by atoms with Crippen LogP contribution in [-0.2, 0) is 6.42 Å². The van der Waals surface area contributed by atoms with Gasteiger partial charge in [0.25, 0.3) is 0 Å². The fourth-order valence-electron chi connectivity index (χ4n) is 12.3. The standard InChI is InChI=1S/C40H26N4.C35H28N4.2C2H6/c1-2-13-31(14-3-1)43-37-20-9-6-17-34(37)42-40(43)28-23-21-27(22-24-28)29-11-10-12-30(25-29)39-32-15-4-7-18-35(32)44-36-19-8-5-16-33(36)41-26-38(39)44;1-3-4-18-29-24(2)38(27-15-6-5-7-16-27)35(37-29)26-14-12-13-25(22-26)34-28-17-8-10-20-31(28)39-32-21-11-9-19-30(32)36-23-33(34)39;2*1-2/h1-4,6-18,20-26H,5H2;3,5-17,19-23H,1,4,18H2,2H3;2*1-2H3. The zero-order valence-electron chi connectivity index (χ0n) is 49.7. The van der Waals surface area contributed by atoms with Crippen molar-refractivity contribution in [3.63, 3.8) is 0 Å². The van der Waals surface area contributed by atoms with E-state index in [1.165, 1.54) is 49.8 Å². The van der Waals surface area contributed by atoms with Crippen LogP contribution < -0.4 is 10.7 Å². The molecular formula is C79H66N8. The minimum absolute atomic E-state index is 0.864. The molecule has 0 atom stereocenters. The molecule has 0 saturated carbocycles. The zero-order valence-corrected chi connectivity index (χ0v) is 49.7. The number of rotatable bonds is 10. The van der Waals surface area contributed by atoms with Gasteiger partial charge in [0, 0.05) is 50.1 Å². The normalized spacial score (nSPS) is 11.6. The number of para-hydroxylation sites is 8. The quantitative estimate of drug-likeness (QED) is 0.128. The third-order valence-electron chi connectivity index (χ3n) is 16.1. The highest BCUT2D eigenvalue weighted by Crippen LogP contribution is 2.40. The van der Waals surface area contributed by atoms with Crippen molar-refractivity contribution in [2.75, 3.05) is 0 Å². The van der Waals surface area contributed by atoms with Crippen LogP contribution in [0.4, 0.5) is 0 Å². The predicted molar refractivity (Wildman–Crippen MR) is 364 cm³/mol.